The van der Waals surface area contributed by atoms with Gasteiger partial charge in [-0.25, -0.2) is 12.7 Å². The molecule has 6 heteroatoms. The van der Waals surface area contributed by atoms with Gasteiger partial charge >= 0.3 is 0 Å². The Labute approximate surface area is 150 Å². The van der Waals surface area contributed by atoms with Gasteiger partial charge in [0.1, 0.15) is 0 Å². The molecule has 1 N–H and O–H groups in total. The lowest BCUT2D eigenvalue weighted by atomic mass is 9.96. The second kappa shape index (κ2) is 7.46. The minimum atomic E-state index is -3.14. The van der Waals surface area contributed by atoms with Crippen LogP contribution in [0.1, 0.15) is 55.8 Å². The molecule has 1 aliphatic carbocycles. The number of rotatable bonds is 5. The fourth-order valence-corrected chi connectivity index (χ4v) is 4.99. The quantitative estimate of drug-likeness (QED) is 0.872. The molecule has 138 valence electrons. The van der Waals surface area contributed by atoms with Gasteiger partial charge in [-0.3, -0.25) is 4.79 Å². The van der Waals surface area contributed by atoms with Gasteiger partial charge in [-0.2, -0.15) is 0 Å². The molecular weight excluding hydrogens is 336 g/mol. The van der Waals surface area contributed by atoms with Crippen molar-refractivity contribution in [3.8, 4) is 0 Å². The Morgan fingerprint density at radius 3 is 2.60 bits per heavy atom. The molecule has 1 unspecified atom stereocenters. The van der Waals surface area contributed by atoms with Crippen LogP contribution in [0.25, 0.3) is 0 Å². The van der Waals surface area contributed by atoms with E-state index in [-0.39, 0.29) is 23.6 Å². The number of amides is 1. The highest BCUT2D eigenvalue weighted by Crippen LogP contribution is 2.26. The maximum absolute atomic E-state index is 12.6. The largest absolute Gasteiger partial charge is 0.349 e. The van der Waals surface area contributed by atoms with Crippen LogP contribution >= 0.6 is 0 Å². The lowest BCUT2D eigenvalue weighted by Gasteiger charge is -2.31. The molecule has 5 nitrogen and oxygen atoms in total. The highest BCUT2D eigenvalue weighted by Gasteiger charge is 2.30. The second-order valence-corrected chi connectivity index (χ2v) is 9.44. The van der Waals surface area contributed by atoms with Crippen molar-refractivity contribution in [3.05, 3.63) is 34.9 Å². The molecule has 25 heavy (non-hydrogen) atoms. The number of benzene rings is 1. The molecule has 1 aromatic rings. The molecule has 0 radical (unpaired) electrons. The van der Waals surface area contributed by atoms with Gasteiger partial charge in [-0.1, -0.05) is 18.2 Å². The predicted molar refractivity (Wildman–Crippen MR) is 98.8 cm³/mol. The van der Waals surface area contributed by atoms with Crippen molar-refractivity contribution >= 4 is 15.9 Å². The predicted octanol–water partition coefficient (Wildman–Crippen LogP) is 2.41. The molecule has 2 aliphatic rings. The van der Waals surface area contributed by atoms with E-state index in [0.717, 1.165) is 18.4 Å². The number of carbonyl (C=O) groups excluding carboxylic acids is 1. The molecule has 3 rings (SSSR count). The number of nitrogens with zero attached hydrogens (tertiary/aromatic N) is 1. The number of nitrogens with one attached hydrogen (secondary N) is 1. The Bertz CT molecular complexity index is 737. The molecule has 1 aromatic carbocycles. The van der Waals surface area contributed by atoms with E-state index < -0.39 is 10.0 Å². The van der Waals surface area contributed by atoms with E-state index in [1.807, 2.05) is 6.92 Å². The fourth-order valence-electron chi connectivity index (χ4n) is 3.85. The zero-order chi connectivity index (χ0) is 18.0. The number of carbonyl (C=O) groups is 1. The number of hydrogen-bond acceptors (Lipinski definition) is 3. The molecule has 1 atom stereocenters. The van der Waals surface area contributed by atoms with Crippen LogP contribution in [0.3, 0.4) is 0 Å². The van der Waals surface area contributed by atoms with Crippen molar-refractivity contribution in [1.82, 2.24) is 9.62 Å². The Balaban J connectivity index is 1.56. The third-order valence-electron chi connectivity index (χ3n) is 5.56. The normalized spacial score (nSPS) is 20.2. The molecule has 1 saturated heterocycles. The Morgan fingerprint density at radius 2 is 1.92 bits per heavy atom. The molecule has 1 amide bonds. The van der Waals surface area contributed by atoms with Crippen molar-refractivity contribution in [3.63, 3.8) is 0 Å². The molecule has 0 saturated carbocycles. The maximum Gasteiger partial charge on any atom is 0.223 e. The minimum Gasteiger partial charge on any atom is -0.349 e. The summed E-state index contributed by atoms with van der Waals surface area (Å²) in [6.07, 6.45) is 4.71. The SMILES string of the molecule is CCS(=O)(=O)N1CCC(C(=O)NC(C)c2ccc3c(c2)CCC3)CC1. The molecule has 1 aliphatic heterocycles. The first-order valence-electron chi connectivity index (χ1n) is 9.30. The smallest absolute Gasteiger partial charge is 0.223 e. The van der Waals surface area contributed by atoms with Crippen LogP contribution < -0.4 is 5.32 Å². The van der Waals surface area contributed by atoms with Crippen molar-refractivity contribution in [1.29, 1.82) is 0 Å². The van der Waals surface area contributed by atoms with Crippen LogP contribution in [0.5, 0.6) is 0 Å². The zero-order valence-corrected chi connectivity index (χ0v) is 15.9. The highest BCUT2D eigenvalue weighted by molar-refractivity contribution is 7.89. The van der Waals surface area contributed by atoms with Crippen molar-refractivity contribution in [2.45, 2.75) is 52.0 Å². The monoisotopic (exact) mass is 364 g/mol. The van der Waals surface area contributed by atoms with Crippen molar-refractivity contribution in [2.24, 2.45) is 5.92 Å². The van der Waals surface area contributed by atoms with E-state index in [1.54, 1.807) is 6.92 Å². The summed E-state index contributed by atoms with van der Waals surface area (Å²) < 4.78 is 25.3. The van der Waals surface area contributed by atoms with E-state index in [9.17, 15) is 13.2 Å². The van der Waals surface area contributed by atoms with Gasteiger partial charge in [0.25, 0.3) is 0 Å². The van der Waals surface area contributed by atoms with Gasteiger partial charge in [-0.15, -0.1) is 0 Å². The standard InChI is InChI=1S/C19H28N2O3S/c1-3-25(23,24)21-11-9-16(10-12-21)19(22)20-14(2)17-8-7-15-5-4-6-18(15)13-17/h7-8,13-14,16H,3-6,9-12H2,1-2H3,(H,20,22). The van der Waals surface area contributed by atoms with Gasteiger partial charge in [0.15, 0.2) is 0 Å². The van der Waals surface area contributed by atoms with Crippen molar-refractivity contribution < 1.29 is 13.2 Å². The van der Waals surface area contributed by atoms with E-state index in [1.165, 1.54) is 21.9 Å². The summed E-state index contributed by atoms with van der Waals surface area (Å²) in [4.78, 5) is 12.6. The second-order valence-electron chi connectivity index (χ2n) is 7.19. The average molecular weight is 365 g/mol. The highest BCUT2D eigenvalue weighted by atomic mass is 32.2. The first kappa shape index (κ1) is 18.4. The van der Waals surface area contributed by atoms with E-state index in [0.29, 0.717) is 25.9 Å². The average Bonchev–Trinajstić information content (AvgIpc) is 3.09. The first-order chi connectivity index (χ1) is 11.9. The molecule has 1 fully saturated rings. The number of aryl methyl sites for hydroxylation is 2. The fraction of sp³-hybridized carbons (Fsp3) is 0.632. The van der Waals surface area contributed by atoms with E-state index in [2.05, 4.69) is 23.5 Å². The van der Waals surface area contributed by atoms with Gasteiger partial charge in [0.05, 0.1) is 11.8 Å². The van der Waals surface area contributed by atoms with Gasteiger partial charge in [0.2, 0.25) is 15.9 Å². The third kappa shape index (κ3) is 4.06. The van der Waals surface area contributed by atoms with Crippen LogP contribution in [0, 0.1) is 5.92 Å². The molecule has 1 heterocycles. The van der Waals surface area contributed by atoms with Crippen LogP contribution in [0.15, 0.2) is 18.2 Å². The van der Waals surface area contributed by atoms with Gasteiger partial charge in [0, 0.05) is 19.0 Å². The summed E-state index contributed by atoms with van der Waals surface area (Å²) in [5.74, 6) is 0.0703. The molecule has 0 aromatic heterocycles. The lowest BCUT2D eigenvalue weighted by molar-refractivity contribution is -0.126. The summed E-state index contributed by atoms with van der Waals surface area (Å²) in [6.45, 7) is 4.57. The van der Waals surface area contributed by atoms with Crippen LogP contribution in [0.2, 0.25) is 0 Å². The van der Waals surface area contributed by atoms with Crippen molar-refractivity contribution in [2.75, 3.05) is 18.8 Å². The molecular formula is C19H28N2O3S. The summed E-state index contributed by atoms with van der Waals surface area (Å²) in [5.41, 5.74) is 4.00. The van der Waals surface area contributed by atoms with E-state index >= 15 is 0 Å². The Morgan fingerprint density at radius 1 is 1.24 bits per heavy atom. The summed E-state index contributed by atoms with van der Waals surface area (Å²) in [5, 5.41) is 3.12. The van der Waals surface area contributed by atoms with Gasteiger partial charge < -0.3 is 5.32 Å². The molecule has 0 bridgehead atoms. The van der Waals surface area contributed by atoms with Gasteiger partial charge in [-0.05, 0) is 62.6 Å². The zero-order valence-electron chi connectivity index (χ0n) is 15.1. The minimum absolute atomic E-state index is 0.0178. The summed E-state index contributed by atoms with van der Waals surface area (Å²) in [7, 11) is -3.14. The lowest BCUT2D eigenvalue weighted by Crippen LogP contribution is -2.43. The van der Waals surface area contributed by atoms with Crippen LogP contribution in [-0.2, 0) is 27.7 Å². The number of sulfonamides is 1. The third-order valence-corrected chi connectivity index (χ3v) is 7.45. The number of fused-ring (bicyclic) bond motifs is 1. The van der Waals surface area contributed by atoms with Crippen LogP contribution in [0.4, 0.5) is 0 Å². The molecule has 0 spiro atoms. The Hall–Kier alpha value is -1.40. The maximum atomic E-state index is 12.6. The summed E-state index contributed by atoms with van der Waals surface area (Å²) in [6, 6.07) is 6.51. The summed E-state index contributed by atoms with van der Waals surface area (Å²) >= 11 is 0. The number of piperidine rings is 1. The number of hydrogen-bond donors (Lipinski definition) is 1. The Kier molecular flexibility index (Phi) is 5.49. The first-order valence-corrected chi connectivity index (χ1v) is 10.9. The van der Waals surface area contributed by atoms with E-state index in [4.69, 9.17) is 0 Å². The topological polar surface area (TPSA) is 66.5 Å². The van der Waals surface area contributed by atoms with Crippen LogP contribution in [-0.4, -0.2) is 37.5 Å².